The minimum Gasteiger partial charge on any atom is -0.385 e. The maximum Gasteiger partial charge on any atom is 0.191 e. The molecular formula is C14H26N6O. The predicted octanol–water partition coefficient (Wildman–Crippen LogP) is 0.605. The number of hydrogen-bond donors (Lipinski definition) is 2. The Bertz CT molecular complexity index is 466. The highest BCUT2D eigenvalue weighted by atomic mass is 16.5. The lowest BCUT2D eigenvalue weighted by molar-refractivity contribution is 0.195. The summed E-state index contributed by atoms with van der Waals surface area (Å²) in [5.74, 6) is 3.43. The molecule has 1 fully saturated rings. The first-order chi connectivity index (χ1) is 10.2. The smallest absolute Gasteiger partial charge is 0.191 e. The standard InChI is InChI=1S/C14H26N6O/c1-11-18-19-13(20(11)2)10-17-14(15-7-4-8-21-3)16-9-12-5-6-12/h12H,4-10H2,1-3H3,(H2,15,16,17). The van der Waals surface area contributed by atoms with Crippen LogP contribution in [0.1, 0.15) is 30.9 Å². The van der Waals surface area contributed by atoms with Crippen molar-refractivity contribution < 1.29 is 4.74 Å². The first-order valence-electron chi connectivity index (χ1n) is 7.56. The second kappa shape index (κ2) is 7.97. The predicted molar refractivity (Wildman–Crippen MR) is 82.1 cm³/mol. The zero-order valence-corrected chi connectivity index (χ0v) is 13.2. The van der Waals surface area contributed by atoms with Crippen LogP contribution in [0.15, 0.2) is 4.99 Å². The molecule has 1 aromatic heterocycles. The van der Waals surface area contributed by atoms with Crippen molar-refractivity contribution in [3.63, 3.8) is 0 Å². The van der Waals surface area contributed by atoms with Gasteiger partial charge in [0.05, 0.1) is 0 Å². The van der Waals surface area contributed by atoms with Crippen molar-refractivity contribution in [3.8, 4) is 0 Å². The third-order valence-electron chi connectivity index (χ3n) is 3.63. The van der Waals surface area contributed by atoms with E-state index in [9.17, 15) is 0 Å². The van der Waals surface area contributed by atoms with Crippen LogP contribution < -0.4 is 10.6 Å². The molecule has 118 valence electrons. The molecule has 21 heavy (non-hydrogen) atoms. The highest BCUT2D eigenvalue weighted by Crippen LogP contribution is 2.27. The summed E-state index contributed by atoms with van der Waals surface area (Å²) < 4.78 is 7.02. The number of ether oxygens (including phenoxy) is 1. The molecule has 0 aromatic carbocycles. The molecule has 2 N–H and O–H groups in total. The van der Waals surface area contributed by atoms with Crippen LogP contribution in [0.5, 0.6) is 0 Å². The monoisotopic (exact) mass is 294 g/mol. The molecular weight excluding hydrogens is 268 g/mol. The van der Waals surface area contributed by atoms with E-state index >= 15 is 0 Å². The first kappa shape index (κ1) is 15.8. The number of nitrogens with zero attached hydrogens (tertiary/aromatic N) is 4. The molecule has 1 heterocycles. The lowest BCUT2D eigenvalue weighted by Gasteiger charge is -2.12. The topological polar surface area (TPSA) is 76.4 Å². The van der Waals surface area contributed by atoms with Crippen molar-refractivity contribution in [1.29, 1.82) is 0 Å². The van der Waals surface area contributed by atoms with Crippen LogP contribution in [0.3, 0.4) is 0 Å². The zero-order valence-electron chi connectivity index (χ0n) is 13.2. The van der Waals surface area contributed by atoms with Crippen LogP contribution >= 0.6 is 0 Å². The largest absolute Gasteiger partial charge is 0.385 e. The molecule has 0 unspecified atom stereocenters. The van der Waals surface area contributed by atoms with E-state index in [0.717, 1.165) is 49.6 Å². The number of nitrogens with one attached hydrogen (secondary N) is 2. The Morgan fingerprint density at radius 3 is 2.81 bits per heavy atom. The van der Waals surface area contributed by atoms with Gasteiger partial charge >= 0.3 is 0 Å². The van der Waals surface area contributed by atoms with Gasteiger partial charge < -0.3 is 19.9 Å². The minimum atomic E-state index is 0.529. The fraction of sp³-hybridized carbons (Fsp3) is 0.786. The molecule has 0 bridgehead atoms. The highest BCUT2D eigenvalue weighted by molar-refractivity contribution is 5.79. The number of aromatic nitrogens is 3. The van der Waals surface area contributed by atoms with Crippen molar-refractivity contribution in [1.82, 2.24) is 25.4 Å². The van der Waals surface area contributed by atoms with Gasteiger partial charge in [-0.1, -0.05) is 0 Å². The lowest BCUT2D eigenvalue weighted by Crippen LogP contribution is -2.39. The lowest BCUT2D eigenvalue weighted by atomic mass is 10.4. The average molecular weight is 294 g/mol. The highest BCUT2D eigenvalue weighted by Gasteiger charge is 2.21. The van der Waals surface area contributed by atoms with Gasteiger partial charge in [-0.15, -0.1) is 10.2 Å². The molecule has 7 nitrogen and oxygen atoms in total. The van der Waals surface area contributed by atoms with E-state index in [1.807, 2.05) is 18.5 Å². The summed E-state index contributed by atoms with van der Waals surface area (Å²) in [5, 5.41) is 14.9. The summed E-state index contributed by atoms with van der Waals surface area (Å²) in [6, 6.07) is 0. The van der Waals surface area contributed by atoms with Crippen molar-refractivity contribution in [2.75, 3.05) is 26.8 Å². The Morgan fingerprint density at radius 2 is 2.19 bits per heavy atom. The molecule has 7 heteroatoms. The average Bonchev–Trinajstić information content (AvgIpc) is 3.26. The van der Waals surface area contributed by atoms with E-state index in [1.54, 1.807) is 7.11 Å². The third kappa shape index (κ3) is 5.34. The van der Waals surface area contributed by atoms with Crippen molar-refractivity contribution in [3.05, 3.63) is 11.6 Å². The van der Waals surface area contributed by atoms with Crippen molar-refractivity contribution in [2.45, 2.75) is 32.7 Å². The SMILES string of the molecule is COCCCNC(=NCc1nnc(C)n1C)NCC1CC1. The molecule has 0 radical (unpaired) electrons. The molecule has 0 atom stereocenters. The summed E-state index contributed by atoms with van der Waals surface area (Å²) in [6.07, 6.45) is 3.61. The molecule has 1 aromatic rings. The van der Waals surface area contributed by atoms with Gasteiger partial charge in [-0.2, -0.15) is 0 Å². The van der Waals surface area contributed by atoms with Gasteiger partial charge in [0.2, 0.25) is 0 Å². The molecule has 0 saturated heterocycles. The maximum absolute atomic E-state index is 5.06. The van der Waals surface area contributed by atoms with Gasteiger partial charge in [0, 0.05) is 33.9 Å². The quantitative estimate of drug-likeness (QED) is 0.417. The fourth-order valence-electron chi connectivity index (χ4n) is 1.90. The maximum atomic E-state index is 5.06. The Kier molecular flexibility index (Phi) is 5.98. The number of aryl methyl sites for hydroxylation is 1. The third-order valence-corrected chi connectivity index (χ3v) is 3.63. The molecule has 0 aliphatic heterocycles. The van der Waals surface area contributed by atoms with E-state index in [2.05, 4.69) is 25.8 Å². The number of aliphatic imine (C=N–C) groups is 1. The van der Waals surface area contributed by atoms with Crippen molar-refractivity contribution in [2.24, 2.45) is 18.0 Å². The molecule has 1 aliphatic carbocycles. The van der Waals surface area contributed by atoms with Crippen LogP contribution in [0.2, 0.25) is 0 Å². The zero-order chi connectivity index (χ0) is 15.1. The van der Waals surface area contributed by atoms with Gasteiger partial charge in [0.25, 0.3) is 0 Å². The normalized spacial score (nSPS) is 15.3. The number of methoxy groups -OCH3 is 1. The van der Waals surface area contributed by atoms with E-state index in [0.29, 0.717) is 6.54 Å². The van der Waals surface area contributed by atoms with Crippen LogP contribution in [0.25, 0.3) is 0 Å². The second-order valence-corrected chi connectivity index (χ2v) is 5.48. The summed E-state index contributed by atoms with van der Waals surface area (Å²) in [5.41, 5.74) is 0. The molecule has 2 rings (SSSR count). The Morgan fingerprint density at radius 1 is 1.38 bits per heavy atom. The molecule has 0 spiro atoms. The fourth-order valence-corrected chi connectivity index (χ4v) is 1.90. The Balaban J connectivity index is 1.85. The summed E-state index contributed by atoms with van der Waals surface area (Å²) >= 11 is 0. The first-order valence-corrected chi connectivity index (χ1v) is 7.56. The Labute approximate surface area is 126 Å². The van der Waals surface area contributed by atoms with E-state index < -0.39 is 0 Å². The summed E-state index contributed by atoms with van der Waals surface area (Å²) in [7, 11) is 3.68. The van der Waals surface area contributed by atoms with Crippen molar-refractivity contribution >= 4 is 5.96 Å². The van der Waals surface area contributed by atoms with Crippen LogP contribution in [-0.4, -0.2) is 47.5 Å². The summed E-state index contributed by atoms with van der Waals surface area (Å²) in [6.45, 7) is 5.07. The number of rotatable bonds is 8. The molecule has 1 aliphatic rings. The summed E-state index contributed by atoms with van der Waals surface area (Å²) in [4.78, 5) is 4.60. The number of guanidine groups is 1. The van der Waals surface area contributed by atoms with Crippen LogP contribution in [0, 0.1) is 12.8 Å². The number of hydrogen-bond acceptors (Lipinski definition) is 4. The van der Waals surface area contributed by atoms with Crippen LogP contribution in [0.4, 0.5) is 0 Å². The van der Waals surface area contributed by atoms with E-state index in [-0.39, 0.29) is 0 Å². The molecule has 1 saturated carbocycles. The van der Waals surface area contributed by atoms with Gasteiger partial charge in [0.1, 0.15) is 12.4 Å². The van der Waals surface area contributed by atoms with Crippen LogP contribution in [-0.2, 0) is 18.3 Å². The van der Waals surface area contributed by atoms with Gasteiger partial charge in [-0.05, 0) is 32.1 Å². The molecule has 0 amide bonds. The van der Waals surface area contributed by atoms with Gasteiger partial charge in [0.15, 0.2) is 11.8 Å². The minimum absolute atomic E-state index is 0.529. The van der Waals surface area contributed by atoms with Gasteiger partial charge in [-0.25, -0.2) is 4.99 Å². The second-order valence-electron chi connectivity index (χ2n) is 5.48. The Hall–Kier alpha value is -1.63. The van der Waals surface area contributed by atoms with Gasteiger partial charge in [-0.3, -0.25) is 0 Å². The van der Waals surface area contributed by atoms with E-state index in [1.165, 1.54) is 12.8 Å². The van der Waals surface area contributed by atoms with E-state index in [4.69, 9.17) is 4.74 Å².